The maximum atomic E-state index is 6.15. The SMILES string of the molecule is CCCCCCCCC12CCC(CNC1)O2. The van der Waals surface area contributed by atoms with Gasteiger partial charge in [-0.2, -0.15) is 0 Å². The van der Waals surface area contributed by atoms with Crippen molar-refractivity contribution in [3.05, 3.63) is 0 Å². The zero-order valence-corrected chi connectivity index (χ0v) is 10.8. The molecule has 0 amide bonds. The van der Waals surface area contributed by atoms with Gasteiger partial charge in [0, 0.05) is 13.1 Å². The first-order chi connectivity index (χ1) is 7.85. The minimum Gasteiger partial charge on any atom is -0.369 e. The molecule has 2 aliphatic rings. The Balaban J connectivity index is 1.58. The standard InChI is InChI=1S/C14H27NO/c1-2-3-4-5-6-7-9-14-10-8-13(16-14)11-15-12-14/h13,15H,2-12H2,1H3. The summed E-state index contributed by atoms with van der Waals surface area (Å²) < 4.78 is 6.15. The van der Waals surface area contributed by atoms with Crippen LogP contribution in [0, 0.1) is 0 Å². The van der Waals surface area contributed by atoms with Gasteiger partial charge in [0.2, 0.25) is 0 Å². The Labute approximate surface area is 100 Å². The van der Waals surface area contributed by atoms with E-state index in [0.29, 0.717) is 6.10 Å². The fraction of sp³-hybridized carbons (Fsp3) is 1.00. The van der Waals surface area contributed by atoms with Crippen LogP contribution >= 0.6 is 0 Å². The number of nitrogens with one attached hydrogen (secondary N) is 1. The molecule has 2 heterocycles. The number of rotatable bonds is 7. The molecule has 0 spiro atoms. The van der Waals surface area contributed by atoms with Crippen LogP contribution in [-0.2, 0) is 4.74 Å². The van der Waals surface area contributed by atoms with Crippen molar-refractivity contribution in [3.63, 3.8) is 0 Å². The Morgan fingerprint density at radius 2 is 2.00 bits per heavy atom. The maximum Gasteiger partial charge on any atom is 0.0811 e. The van der Waals surface area contributed by atoms with Gasteiger partial charge in [0.05, 0.1) is 11.7 Å². The van der Waals surface area contributed by atoms with Gasteiger partial charge in [-0.1, -0.05) is 45.4 Å². The lowest BCUT2D eigenvalue weighted by atomic mass is 9.93. The summed E-state index contributed by atoms with van der Waals surface area (Å²) in [5, 5.41) is 3.52. The lowest BCUT2D eigenvalue weighted by molar-refractivity contribution is -0.0697. The fourth-order valence-electron chi connectivity index (χ4n) is 3.13. The molecule has 2 fully saturated rings. The van der Waals surface area contributed by atoms with Crippen LogP contribution in [0.25, 0.3) is 0 Å². The van der Waals surface area contributed by atoms with Crippen LogP contribution in [0.4, 0.5) is 0 Å². The third-order valence-corrected chi connectivity index (χ3v) is 4.14. The number of hydrogen-bond acceptors (Lipinski definition) is 2. The van der Waals surface area contributed by atoms with Crippen molar-refractivity contribution >= 4 is 0 Å². The van der Waals surface area contributed by atoms with Crippen molar-refractivity contribution in [1.29, 1.82) is 0 Å². The maximum absolute atomic E-state index is 6.15. The number of morpholine rings is 1. The topological polar surface area (TPSA) is 21.3 Å². The highest BCUT2D eigenvalue weighted by Crippen LogP contribution is 2.36. The molecule has 2 nitrogen and oxygen atoms in total. The van der Waals surface area contributed by atoms with Crippen molar-refractivity contribution in [2.45, 2.75) is 76.4 Å². The van der Waals surface area contributed by atoms with E-state index in [4.69, 9.17) is 4.74 Å². The van der Waals surface area contributed by atoms with Crippen molar-refractivity contribution in [1.82, 2.24) is 5.32 Å². The minimum atomic E-state index is 0.230. The normalized spacial score (nSPS) is 33.2. The zero-order chi connectivity index (χ0) is 11.3. The molecule has 0 aromatic carbocycles. The van der Waals surface area contributed by atoms with E-state index < -0.39 is 0 Å². The first kappa shape index (κ1) is 12.4. The second-order valence-electron chi connectivity index (χ2n) is 5.61. The Bertz CT molecular complexity index is 203. The molecule has 1 N–H and O–H groups in total. The fourth-order valence-corrected chi connectivity index (χ4v) is 3.13. The van der Waals surface area contributed by atoms with E-state index in [1.807, 2.05) is 0 Å². The summed E-state index contributed by atoms with van der Waals surface area (Å²) in [5.74, 6) is 0. The predicted molar refractivity (Wildman–Crippen MR) is 67.7 cm³/mol. The Hall–Kier alpha value is -0.0800. The van der Waals surface area contributed by atoms with Crippen LogP contribution in [0.5, 0.6) is 0 Å². The predicted octanol–water partition coefficient (Wildman–Crippen LogP) is 3.26. The number of ether oxygens (including phenoxy) is 1. The molecule has 2 rings (SSSR count). The molecular weight excluding hydrogens is 198 g/mol. The van der Waals surface area contributed by atoms with Gasteiger partial charge in [0.15, 0.2) is 0 Å². The summed E-state index contributed by atoms with van der Waals surface area (Å²) in [4.78, 5) is 0. The third kappa shape index (κ3) is 3.21. The van der Waals surface area contributed by atoms with E-state index in [9.17, 15) is 0 Å². The molecule has 2 atom stereocenters. The lowest BCUT2D eigenvalue weighted by Gasteiger charge is -2.34. The summed E-state index contributed by atoms with van der Waals surface area (Å²) >= 11 is 0. The van der Waals surface area contributed by atoms with Crippen LogP contribution in [0.3, 0.4) is 0 Å². The molecule has 0 aromatic rings. The van der Waals surface area contributed by atoms with Crippen molar-refractivity contribution in [2.24, 2.45) is 0 Å². The van der Waals surface area contributed by atoms with E-state index in [-0.39, 0.29) is 5.60 Å². The van der Waals surface area contributed by atoms with Gasteiger partial charge in [-0.25, -0.2) is 0 Å². The molecule has 0 aliphatic carbocycles. The van der Waals surface area contributed by atoms with E-state index in [2.05, 4.69) is 12.2 Å². The van der Waals surface area contributed by atoms with Crippen molar-refractivity contribution in [2.75, 3.05) is 13.1 Å². The van der Waals surface area contributed by atoms with Crippen LogP contribution in [0.15, 0.2) is 0 Å². The second kappa shape index (κ2) is 6.02. The molecule has 2 bridgehead atoms. The lowest BCUT2D eigenvalue weighted by Crippen LogP contribution is -2.47. The van der Waals surface area contributed by atoms with Gasteiger partial charge in [-0.15, -0.1) is 0 Å². The first-order valence-corrected chi connectivity index (χ1v) is 7.23. The summed E-state index contributed by atoms with van der Waals surface area (Å²) in [6.07, 6.45) is 12.7. The quantitative estimate of drug-likeness (QED) is 0.672. The summed E-state index contributed by atoms with van der Waals surface area (Å²) in [7, 11) is 0. The van der Waals surface area contributed by atoms with E-state index in [1.54, 1.807) is 0 Å². The summed E-state index contributed by atoms with van der Waals surface area (Å²) in [5.41, 5.74) is 0.230. The van der Waals surface area contributed by atoms with Crippen LogP contribution < -0.4 is 5.32 Å². The molecule has 2 unspecified atom stereocenters. The Morgan fingerprint density at radius 3 is 2.88 bits per heavy atom. The van der Waals surface area contributed by atoms with Crippen molar-refractivity contribution in [3.8, 4) is 0 Å². The van der Waals surface area contributed by atoms with Gasteiger partial charge in [-0.05, 0) is 19.3 Å². The van der Waals surface area contributed by atoms with Gasteiger partial charge in [0.1, 0.15) is 0 Å². The Kier molecular flexibility index (Phi) is 4.66. The number of hydrogen-bond donors (Lipinski definition) is 1. The van der Waals surface area contributed by atoms with Crippen LogP contribution in [-0.4, -0.2) is 24.8 Å². The highest BCUT2D eigenvalue weighted by atomic mass is 16.5. The molecule has 2 heteroatoms. The van der Waals surface area contributed by atoms with Crippen LogP contribution in [0.2, 0.25) is 0 Å². The van der Waals surface area contributed by atoms with E-state index >= 15 is 0 Å². The largest absolute Gasteiger partial charge is 0.369 e. The van der Waals surface area contributed by atoms with E-state index in [0.717, 1.165) is 13.1 Å². The monoisotopic (exact) mass is 225 g/mol. The smallest absolute Gasteiger partial charge is 0.0811 e. The van der Waals surface area contributed by atoms with Gasteiger partial charge in [0.25, 0.3) is 0 Å². The van der Waals surface area contributed by atoms with Crippen LogP contribution in [0.1, 0.15) is 64.7 Å². The zero-order valence-electron chi connectivity index (χ0n) is 10.8. The number of fused-ring (bicyclic) bond motifs is 2. The Morgan fingerprint density at radius 1 is 1.19 bits per heavy atom. The third-order valence-electron chi connectivity index (χ3n) is 4.14. The highest BCUT2D eigenvalue weighted by molar-refractivity contribution is 4.95. The van der Waals surface area contributed by atoms with Crippen molar-refractivity contribution < 1.29 is 4.74 Å². The molecule has 94 valence electrons. The average molecular weight is 225 g/mol. The molecule has 2 aliphatic heterocycles. The van der Waals surface area contributed by atoms with Gasteiger partial charge < -0.3 is 10.1 Å². The molecule has 0 saturated carbocycles. The molecule has 0 radical (unpaired) electrons. The summed E-state index contributed by atoms with van der Waals surface area (Å²) in [6, 6.07) is 0. The second-order valence-corrected chi connectivity index (χ2v) is 5.61. The average Bonchev–Trinajstić information content (AvgIpc) is 2.60. The summed E-state index contributed by atoms with van der Waals surface area (Å²) in [6.45, 7) is 4.45. The van der Waals surface area contributed by atoms with Gasteiger partial charge >= 0.3 is 0 Å². The highest BCUT2D eigenvalue weighted by Gasteiger charge is 2.42. The molecule has 0 aromatic heterocycles. The first-order valence-electron chi connectivity index (χ1n) is 7.23. The molecular formula is C14H27NO. The van der Waals surface area contributed by atoms with Gasteiger partial charge in [-0.3, -0.25) is 0 Å². The molecule has 2 saturated heterocycles. The van der Waals surface area contributed by atoms with E-state index in [1.165, 1.54) is 57.8 Å². The minimum absolute atomic E-state index is 0.230. The molecule has 16 heavy (non-hydrogen) atoms. The number of unbranched alkanes of at least 4 members (excludes halogenated alkanes) is 5.